The summed E-state index contributed by atoms with van der Waals surface area (Å²) < 4.78 is 1.97. The van der Waals surface area contributed by atoms with Gasteiger partial charge in [-0.2, -0.15) is 0 Å². The van der Waals surface area contributed by atoms with E-state index in [-0.39, 0.29) is 0 Å². The third kappa shape index (κ3) is 2.59. The van der Waals surface area contributed by atoms with Crippen molar-refractivity contribution in [3.63, 3.8) is 0 Å². The van der Waals surface area contributed by atoms with Crippen LogP contribution in [-0.4, -0.2) is 22.0 Å². The van der Waals surface area contributed by atoms with Gasteiger partial charge in [-0.15, -0.1) is 5.10 Å². The summed E-state index contributed by atoms with van der Waals surface area (Å²) in [5.74, 6) is 0. The van der Waals surface area contributed by atoms with Crippen LogP contribution in [0.3, 0.4) is 0 Å². The van der Waals surface area contributed by atoms with E-state index in [1.54, 1.807) is 0 Å². The van der Waals surface area contributed by atoms with Gasteiger partial charge in [0.2, 0.25) is 0 Å². The summed E-state index contributed by atoms with van der Waals surface area (Å²) in [5, 5.41) is 11.3. The van der Waals surface area contributed by atoms with Crippen molar-refractivity contribution in [1.82, 2.24) is 20.3 Å². The zero-order valence-electron chi connectivity index (χ0n) is 11.3. The molecule has 0 aliphatic heterocycles. The van der Waals surface area contributed by atoms with E-state index in [4.69, 9.17) is 0 Å². The fraction of sp³-hybridized carbons (Fsp3) is 0.429. The van der Waals surface area contributed by atoms with Gasteiger partial charge in [0.25, 0.3) is 0 Å². The Hall–Kier alpha value is -1.68. The molecule has 1 aromatic heterocycles. The molecular formula is C14H20N4. The van der Waals surface area contributed by atoms with E-state index >= 15 is 0 Å². The Morgan fingerprint density at radius 3 is 2.83 bits per heavy atom. The number of nitrogens with one attached hydrogen (secondary N) is 1. The number of benzene rings is 1. The van der Waals surface area contributed by atoms with E-state index in [2.05, 4.69) is 47.7 Å². The van der Waals surface area contributed by atoms with Crippen molar-refractivity contribution in [1.29, 1.82) is 0 Å². The van der Waals surface area contributed by atoms with Crippen LogP contribution in [0.4, 0.5) is 0 Å². The van der Waals surface area contributed by atoms with Crippen molar-refractivity contribution >= 4 is 0 Å². The lowest BCUT2D eigenvalue weighted by Gasteiger charge is -2.09. The second kappa shape index (κ2) is 5.78. The van der Waals surface area contributed by atoms with Gasteiger partial charge in [-0.05, 0) is 31.5 Å². The molecule has 4 nitrogen and oxygen atoms in total. The van der Waals surface area contributed by atoms with Crippen LogP contribution < -0.4 is 5.32 Å². The second-order valence-electron chi connectivity index (χ2n) is 4.52. The van der Waals surface area contributed by atoms with Gasteiger partial charge in [-0.3, -0.25) is 0 Å². The zero-order chi connectivity index (χ0) is 13.0. The van der Waals surface area contributed by atoms with Gasteiger partial charge in [0.05, 0.1) is 11.9 Å². The molecule has 0 fully saturated rings. The van der Waals surface area contributed by atoms with Crippen LogP contribution >= 0.6 is 0 Å². The van der Waals surface area contributed by atoms with Crippen molar-refractivity contribution in [3.05, 3.63) is 35.5 Å². The predicted octanol–water partition coefficient (Wildman–Crippen LogP) is 2.38. The first kappa shape index (κ1) is 12.8. The predicted molar refractivity (Wildman–Crippen MR) is 73.2 cm³/mol. The molecule has 0 aliphatic rings. The van der Waals surface area contributed by atoms with Gasteiger partial charge >= 0.3 is 0 Å². The Morgan fingerprint density at radius 2 is 2.17 bits per heavy atom. The quantitative estimate of drug-likeness (QED) is 0.878. The molecule has 0 aliphatic carbocycles. The SMILES string of the molecule is CCCn1nncc1-c1ccc(CNC)cc1C. The second-order valence-corrected chi connectivity index (χ2v) is 4.52. The molecule has 0 bridgehead atoms. The topological polar surface area (TPSA) is 42.7 Å². The summed E-state index contributed by atoms with van der Waals surface area (Å²) in [5.41, 5.74) is 4.88. The summed E-state index contributed by atoms with van der Waals surface area (Å²) in [6.45, 7) is 6.09. The Bertz CT molecular complexity index is 516. The van der Waals surface area contributed by atoms with Crippen LogP contribution in [-0.2, 0) is 13.1 Å². The first-order valence-electron chi connectivity index (χ1n) is 6.39. The molecule has 0 saturated heterocycles. The highest BCUT2D eigenvalue weighted by Crippen LogP contribution is 2.23. The molecule has 0 radical (unpaired) electrons. The molecule has 0 atom stereocenters. The van der Waals surface area contributed by atoms with Crippen LogP contribution in [0, 0.1) is 6.92 Å². The molecular weight excluding hydrogens is 224 g/mol. The van der Waals surface area contributed by atoms with Crippen LogP contribution in [0.1, 0.15) is 24.5 Å². The molecule has 1 heterocycles. The van der Waals surface area contributed by atoms with Crippen LogP contribution in [0.25, 0.3) is 11.3 Å². The van der Waals surface area contributed by atoms with Gasteiger partial charge < -0.3 is 5.32 Å². The standard InChI is InChI=1S/C14H20N4/c1-4-7-18-14(10-16-17-18)13-6-5-12(9-15-3)8-11(13)2/h5-6,8,10,15H,4,7,9H2,1-3H3. The van der Waals surface area contributed by atoms with Crippen molar-refractivity contribution in [3.8, 4) is 11.3 Å². The molecule has 2 aromatic rings. The maximum absolute atomic E-state index is 4.14. The van der Waals surface area contributed by atoms with Crippen molar-refractivity contribution in [2.75, 3.05) is 7.05 Å². The smallest absolute Gasteiger partial charge is 0.0888 e. The van der Waals surface area contributed by atoms with Crippen LogP contribution in [0.2, 0.25) is 0 Å². The fourth-order valence-electron chi connectivity index (χ4n) is 2.17. The number of hydrogen-bond donors (Lipinski definition) is 1. The van der Waals surface area contributed by atoms with Crippen molar-refractivity contribution in [2.24, 2.45) is 0 Å². The number of hydrogen-bond acceptors (Lipinski definition) is 3. The molecule has 0 amide bonds. The molecule has 2 rings (SSSR count). The van der Waals surface area contributed by atoms with Crippen LogP contribution in [0.15, 0.2) is 24.4 Å². The minimum absolute atomic E-state index is 0.896. The van der Waals surface area contributed by atoms with Gasteiger partial charge in [0.1, 0.15) is 0 Å². The summed E-state index contributed by atoms with van der Waals surface area (Å²) in [6, 6.07) is 6.53. The molecule has 0 saturated carbocycles. The third-order valence-corrected chi connectivity index (χ3v) is 3.00. The molecule has 18 heavy (non-hydrogen) atoms. The van der Waals surface area contributed by atoms with E-state index in [1.165, 1.54) is 16.7 Å². The maximum Gasteiger partial charge on any atom is 0.0888 e. The van der Waals surface area contributed by atoms with Gasteiger partial charge in [-0.25, -0.2) is 4.68 Å². The molecule has 1 aromatic carbocycles. The maximum atomic E-state index is 4.14. The highest BCUT2D eigenvalue weighted by molar-refractivity contribution is 5.63. The van der Waals surface area contributed by atoms with E-state index < -0.39 is 0 Å². The number of aryl methyl sites for hydroxylation is 2. The normalized spacial score (nSPS) is 10.8. The molecule has 96 valence electrons. The third-order valence-electron chi connectivity index (χ3n) is 3.00. The zero-order valence-corrected chi connectivity index (χ0v) is 11.3. The summed E-state index contributed by atoms with van der Waals surface area (Å²) >= 11 is 0. The fourth-order valence-corrected chi connectivity index (χ4v) is 2.17. The first-order valence-corrected chi connectivity index (χ1v) is 6.39. The monoisotopic (exact) mass is 244 g/mol. The number of rotatable bonds is 5. The highest BCUT2D eigenvalue weighted by Gasteiger charge is 2.09. The van der Waals surface area contributed by atoms with Gasteiger partial charge in [0.15, 0.2) is 0 Å². The van der Waals surface area contributed by atoms with E-state index in [1.807, 2.05) is 17.9 Å². The summed E-state index contributed by atoms with van der Waals surface area (Å²) in [7, 11) is 1.96. The molecule has 0 unspecified atom stereocenters. The largest absolute Gasteiger partial charge is 0.316 e. The van der Waals surface area contributed by atoms with Gasteiger partial charge in [0, 0.05) is 18.7 Å². The minimum atomic E-state index is 0.896. The first-order chi connectivity index (χ1) is 8.76. The lowest BCUT2D eigenvalue weighted by atomic mass is 10.0. The summed E-state index contributed by atoms with van der Waals surface area (Å²) in [6.07, 6.45) is 2.91. The Morgan fingerprint density at radius 1 is 1.33 bits per heavy atom. The molecule has 1 N–H and O–H groups in total. The average Bonchev–Trinajstić information content (AvgIpc) is 2.78. The summed E-state index contributed by atoms with van der Waals surface area (Å²) in [4.78, 5) is 0. The van der Waals surface area contributed by atoms with E-state index in [0.29, 0.717) is 0 Å². The van der Waals surface area contributed by atoms with Crippen molar-refractivity contribution in [2.45, 2.75) is 33.4 Å². The molecule has 4 heteroatoms. The lowest BCUT2D eigenvalue weighted by molar-refractivity contribution is 0.584. The highest BCUT2D eigenvalue weighted by atomic mass is 15.4. The Balaban J connectivity index is 2.35. The Labute approximate surface area is 108 Å². The lowest BCUT2D eigenvalue weighted by Crippen LogP contribution is -2.06. The van der Waals surface area contributed by atoms with E-state index in [9.17, 15) is 0 Å². The minimum Gasteiger partial charge on any atom is -0.316 e. The van der Waals surface area contributed by atoms with Crippen LogP contribution in [0.5, 0.6) is 0 Å². The average molecular weight is 244 g/mol. The number of aromatic nitrogens is 3. The molecule has 0 spiro atoms. The van der Waals surface area contributed by atoms with Crippen molar-refractivity contribution < 1.29 is 0 Å². The van der Waals surface area contributed by atoms with Gasteiger partial charge in [-0.1, -0.05) is 30.3 Å². The number of nitrogens with zero attached hydrogens (tertiary/aromatic N) is 3. The Kier molecular flexibility index (Phi) is 4.10. The van der Waals surface area contributed by atoms with E-state index in [0.717, 1.165) is 25.2 Å².